The van der Waals surface area contributed by atoms with E-state index >= 15 is 0 Å². The lowest BCUT2D eigenvalue weighted by molar-refractivity contribution is -0.135. The van der Waals surface area contributed by atoms with Crippen molar-refractivity contribution in [3.05, 3.63) is 29.8 Å². The number of hydrogen-bond donors (Lipinski definition) is 1. The van der Waals surface area contributed by atoms with Crippen LogP contribution < -0.4 is 10.1 Å². The SMILES string of the molecule is COc1ccccc1CN(C[C@@H]1CCCO1)C(=O)CNC(=O)C1CC1. The zero-order valence-electron chi connectivity index (χ0n) is 14.7. The average molecular weight is 346 g/mol. The molecule has 136 valence electrons. The Labute approximate surface area is 148 Å². The summed E-state index contributed by atoms with van der Waals surface area (Å²) in [6.45, 7) is 1.77. The van der Waals surface area contributed by atoms with Crippen LogP contribution in [0.25, 0.3) is 0 Å². The first-order valence-electron chi connectivity index (χ1n) is 8.96. The van der Waals surface area contributed by atoms with Crippen LogP contribution >= 0.6 is 0 Å². The number of methoxy groups -OCH3 is 1. The van der Waals surface area contributed by atoms with Crippen LogP contribution in [-0.2, 0) is 20.9 Å². The van der Waals surface area contributed by atoms with E-state index < -0.39 is 0 Å². The molecule has 1 aliphatic heterocycles. The van der Waals surface area contributed by atoms with Crippen LogP contribution in [0.1, 0.15) is 31.2 Å². The number of nitrogens with one attached hydrogen (secondary N) is 1. The van der Waals surface area contributed by atoms with E-state index in [0.29, 0.717) is 13.1 Å². The van der Waals surface area contributed by atoms with Crippen molar-refractivity contribution in [2.24, 2.45) is 5.92 Å². The second-order valence-electron chi connectivity index (χ2n) is 6.71. The van der Waals surface area contributed by atoms with Crippen molar-refractivity contribution in [2.45, 2.75) is 38.3 Å². The predicted octanol–water partition coefficient (Wildman–Crippen LogP) is 1.73. The normalized spacial score (nSPS) is 19.5. The minimum atomic E-state index is -0.0876. The Morgan fingerprint density at radius 3 is 2.76 bits per heavy atom. The third-order valence-electron chi connectivity index (χ3n) is 4.72. The molecule has 0 spiro atoms. The van der Waals surface area contributed by atoms with Gasteiger partial charge in [-0.15, -0.1) is 0 Å². The molecule has 25 heavy (non-hydrogen) atoms. The van der Waals surface area contributed by atoms with Gasteiger partial charge in [0.1, 0.15) is 5.75 Å². The van der Waals surface area contributed by atoms with Crippen LogP contribution in [-0.4, -0.2) is 49.6 Å². The third kappa shape index (κ3) is 4.95. The highest BCUT2D eigenvalue weighted by molar-refractivity contribution is 5.87. The number of carbonyl (C=O) groups is 2. The van der Waals surface area contributed by atoms with Crippen molar-refractivity contribution >= 4 is 11.8 Å². The first-order chi connectivity index (χ1) is 12.2. The standard InChI is InChI=1S/C19H26N2O4/c1-24-17-7-3-2-5-15(17)12-21(13-16-6-4-10-25-16)18(22)11-20-19(23)14-8-9-14/h2-3,5,7,14,16H,4,6,8-13H2,1H3,(H,20,23)/t16-/m0/s1. The molecule has 3 rings (SSSR count). The van der Waals surface area contributed by atoms with Crippen LogP contribution in [0.5, 0.6) is 5.75 Å². The Bertz CT molecular complexity index is 609. The van der Waals surface area contributed by atoms with Crippen molar-refractivity contribution in [3.8, 4) is 5.75 Å². The van der Waals surface area contributed by atoms with E-state index in [1.54, 1.807) is 12.0 Å². The summed E-state index contributed by atoms with van der Waals surface area (Å²) in [7, 11) is 1.63. The minimum Gasteiger partial charge on any atom is -0.496 e. The molecule has 1 atom stereocenters. The second kappa shape index (κ2) is 8.34. The fraction of sp³-hybridized carbons (Fsp3) is 0.579. The molecule has 0 bridgehead atoms. The maximum Gasteiger partial charge on any atom is 0.242 e. The number of nitrogens with zero attached hydrogens (tertiary/aromatic N) is 1. The van der Waals surface area contributed by atoms with E-state index in [9.17, 15) is 9.59 Å². The fourth-order valence-electron chi connectivity index (χ4n) is 3.09. The van der Waals surface area contributed by atoms with Crippen LogP contribution in [0.2, 0.25) is 0 Å². The molecule has 1 N–H and O–H groups in total. The molecule has 6 nitrogen and oxygen atoms in total. The fourth-order valence-corrected chi connectivity index (χ4v) is 3.09. The van der Waals surface area contributed by atoms with E-state index in [4.69, 9.17) is 9.47 Å². The van der Waals surface area contributed by atoms with Crippen LogP contribution in [0.15, 0.2) is 24.3 Å². The highest BCUT2D eigenvalue weighted by atomic mass is 16.5. The maximum absolute atomic E-state index is 12.7. The lowest BCUT2D eigenvalue weighted by atomic mass is 10.1. The van der Waals surface area contributed by atoms with Gasteiger partial charge in [-0.3, -0.25) is 9.59 Å². The molecule has 1 saturated heterocycles. The van der Waals surface area contributed by atoms with Gasteiger partial charge >= 0.3 is 0 Å². The number of amides is 2. The number of para-hydroxylation sites is 1. The molecule has 1 heterocycles. The Morgan fingerprint density at radius 2 is 2.08 bits per heavy atom. The summed E-state index contributed by atoms with van der Waals surface area (Å²) in [5, 5.41) is 2.76. The van der Waals surface area contributed by atoms with Gasteiger partial charge in [0, 0.05) is 31.2 Å². The largest absolute Gasteiger partial charge is 0.496 e. The second-order valence-corrected chi connectivity index (χ2v) is 6.71. The van der Waals surface area contributed by atoms with Crippen LogP contribution in [0, 0.1) is 5.92 Å². The predicted molar refractivity (Wildman–Crippen MR) is 93.1 cm³/mol. The molecule has 1 saturated carbocycles. The first kappa shape index (κ1) is 17.7. The summed E-state index contributed by atoms with van der Waals surface area (Å²) in [5.74, 6) is 0.765. The lowest BCUT2D eigenvalue weighted by Gasteiger charge is -2.26. The number of carbonyl (C=O) groups excluding carboxylic acids is 2. The monoisotopic (exact) mass is 346 g/mol. The Kier molecular flexibility index (Phi) is 5.91. The van der Waals surface area contributed by atoms with Gasteiger partial charge < -0.3 is 19.7 Å². The molecule has 1 aliphatic carbocycles. The van der Waals surface area contributed by atoms with Crippen molar-refractivity contribution in [3.63, 3.8) is 0 Å². The molecule has 1 aromatic carbocycles. The Hall–Kier alpha value is -2.08. The summed E-state index contributed by atoms with van der Waals surface area (Å²) >= 11 is 0. The smallest absolute Gasteiger partial charge is 0.242 e. The van der Waals surface area contributed by atoms with Gasteiger partial charge in [0.25, 0.3) is 0 Å². The van der Waals surface area contributed by atoms with Gasteiger partial charge in [-0.1, -0.05) is 18.2 Å². The summed E-state index contributed by atoms with van der Waals surface area (Å²) in [5.41, 5.74) is 0.949. The third-order valence-corrected chi connectivity index (χ3v) is 4.72. The van der Waals surface area contributed by atoms with Gasteiger partial charge in [-0.2, -0.15) is 0 Å². The first-order valence-corrected chi connectivity index (χ1v) is 8.96. The molecule has 2 amide bonds. The van der Waals surface area contributed by atoms with E-state index in [0.717, 1.165) is 43.6 Å². The van der Waals surface area contributed by atoms with Crippen molar-refractivity contribution in [1.82, 2.24) is 10.2 Å². The molecule has 0 radical (unpaired) electrons. The highest BCUT2D eigenvalue weighted by Crippen LogP contribution is 2.28. The molecular weight excluding hydrogens is 320 g/mol. The van der Waals surface area contributed by atoms with Gasteiger partial charge in [0.05, 0.1) is 19.8 Å². The molecule has 1 aromatic rings. The Morgan fingerprint density at radius 1 is 1.28 bits per heavy atom. The van der Waals surface area contributed by atoms with E-state index in [1.807, 2.05) is 24.3 Å². The number of rotatable bonds is 8. The Balaban J connectivity index is 1.64. The van der Waals surface area contributed by atoms with Crippen molar-refractivity contribution < 1.29 is 19.1 Å². The van der Waals surface area contributed by atoms with Crippen LogP contribution in [0.3, 0.4) is 0 Å². The van der Waals surface area contributed by atoms with E-state index in [-0.39, 0.29) is 30.4 Å². The van der Waals surface area contributed by atoms with E-state index in [1.165, 1.54) is 0 Å². The van der Waals surface area contributed by atoms with Gasteiger partial charge in [0.2, 0.25) is 11.8 Å². The quantitative estimate of drug-likeness (QED) is 0.778. The average Bonchev–Trinajstić information content (AvgIpc) is 3.36. The van der Waals surface area contributed by atoms with Crippen LogP contribution in [0.4, 0.5) is 0 Å². The van der Waals surface area contributed by atoms with E-state index in [2.05, 4.69) is 5.32 Å². The minimum absolute atomic E-state index is 0.0114. The lowest BCUT2D eigenvalue weighted by Crippen LogP contribution is -2.43. The van der Waals surface area contributed by atoms with Crippen molar-refractivity contribution in [1.29, 1.82) is 0 Å². The van der Waals surface area contributed by atoms with Gasteiger partial charge in [-0.25, -0.2) is 0 Å². The number of benzene rings is 1. The molecule has 0 unspecified atom stereocenters. The van der Waals surface area contributed by atoms with Gasteiger partial charge in [-0.05, 0) is 31.7 Å². The molecule has 2 aliphatic rings. The molecular formula is C19H26N2O4. The van der Waals surface area contributed by atoms with Crippen molar-refractivity contribution in [2.75, 3.05) is 26.8 Å². The topological polar surface area (TPSA) is 67.9 Å². The summed E-state index contributed by atoms with van der Waals surface area (Å²) in [6.07, 6.45) is 3.92. The summed E-state index contributed by atoms with van der Waals surface area (Å²) in [6, 6.07) is 7.68. The molecule has 6 heteroatoms. The zero-order chi connectivity index (χ0) is 17.6. The summed E-state index contributed by atoms with van der Waals surface area (Å²) < 4.78 is 11.1. The zero-order valence-corrected chi connectivity index (χ0v) is 14.7. The number of hydrogen-bond acceptors (Lipinski definition) is 4. The maximum atomic E-state index is 12.7. The molecule has 2 fully saturated rings. The van der Waals surface area contributed by atoms with Gasteiger partial charge in [0.15, 0.2) is 0 Å². The number of ether oxygens (including phenoxy) is 2. The highest BCUT2D eigenvalue weighted by Gasteiger charge is 2.30. The molecule has 0 aromatic heterocycles. The summed E-state index contributed by atoms with van der Waals surface area (Å²) in [4.78, 5) is 26.3.